The molecule has 0 radical (unpaired) electrons. The zero-order valence-corrected chi connectivity index (χ0v) is 18.1. The Labute approximate surface area is 182 Å². The number of carbonyl (C=O) groups excluding carboxylic acids is 3. The third-order valence-corrected chi connectivity index (χ3v) is 5.35. The maximum absolute atomic E-state index is 12.2. The third-order valence-electron chi connectivity index (χ3n) is 4.24. The Bertz CT molecular complexity index is 1090. The summed E-state index contributed by atoms with van der Waals surface area (Å²) in [6, 6.07) is 8.66. The van der Waals surface area contributed by atoms with E-state index in [1.54, 1.807) is 51.1 Å². The van der Waals surface area contributed by atoms with Crippen LogP contribution in [0.25, 0.3) is 11.0 Å². The number of fused-ring (bicyclic) bond motifs is 1. The predicted molar refractivity (Wildman–Crippen MR) is 114 cm³/mol. The van der Waals surface area contributed by atoms with Crippen molar-refractivity contribution in [3.63, 3.8) is 0 Å². The number of furan rings is 1. The molecule has 164 valence electrons. The van der Waals surface area contributed by atoms with Crippen LogP contribution in [0.1, 0.15) is 35.7 Å². The lowest BCUT2D eigenvalue weighted by Gasteiger charge is -2.10. The number of ether oxygens (including phenoxy) is 2. The van der Waals surface area contributed by atoms with Gasteiger partial charge in [-0.25, -0.2) is 4.79 Å². The van der Waals surface area contributed by atoms with Gasteiger partial charge in [0.2, 0.25) is 11.7 Å². The number of hydrogen-bond acceptors (Lipinski definition) is 9. The van der Waals surface area contributed by atoms with Gasteiger partial charge in [-0.2, -0.15) is 0 Å². The lowest BCUT2D eigenvalue weighted by molar-refractivity contribution is -0.141. The van der Waals surface area contributed by atoms with Crippen LogP contribution in [0.3, 0.4) is 0 Å². The number of amides is 1. The second-order valence-electron chi connectivity index (χ2n) is 6.55. The van der Waals surface area contributed by atoms with E-state index in [1.165, 1.54) is 0 Å². The molecule has 0 unspecified atom stereocenters. The normalized spacial score (nSPS) is 11.8. The summed E-state index contributed by atoms with van der Waals surface area (Å²) in [6.45, 7) is 5.12. The van der Waals surface area contributed by atoms with Gasteiger partial charge >= 0.3 is 11.9 Å². The molecule has 10 heteroatoms. The average Bonchev–Trinajstić information content (AvgIpc) is 3.33. The summed E-state index contributed by atoms with van der Waals surface area (Å²) >= 11 is 1.12. The van der Waals surface area contributed by atoms with Crippen LogP contribution in [0, 0.1) is 6.92 Å². The predicted octanol–water partition coefficient (Wildman–Crippen LogP) is 3.71. The highest BCUT2D eigenvalue weighted by Crippen LogP contribution is 2.27. The van der Waals surface area contributed by atoms with Gasteiger partial charge in [0.05, 0.1) is 23.2 Å². The van der Waals surface area contributed by atoms with Crippen molar-refractivity contribution >= 4 is 46.4 Å². The maximum atomic E-state index is 12.2. The molecule has 2 heterocycles. The molecule has 0 aliphatic heterocycles. The van der Waals surface area contributed by atoms with Crippen molar-refractivity contribution in [2.75, 3.05) is 17.7 Å². The maximum Gasteiger partial charge on any atom is 0.374 e. The Morgan fingerprint density at radius 2 is 2.00 bits per heavy atom. The Hall–Kier alpha value is -3.27. The van der Waals surface area contributed by atoms with Crippen LogP contribution in [0.15, 0.2) is 39.3 Å². The van der Waals surface area contributed by atoms with Gasteiger partial charge < -0.3 is 23.7 Å². The molecule has 2 aromatic heterocycles. The highest BCUT2D eigenvalue weighted by atomic mass is 32.2. The summed E-state index contributed by atoms with van der Waals surface area (Å²) in [5.74, 6) is -0.592. The molecule has 1 N–H and O–H groups in total. The molecular weight excluding hydrogens is 424 g/mol. The molecule has 3 rings (SSSR count). The zero-order chi connectivity index (χ0) is 22.4. The molecule has 1 aromatic carbocycles. The van der Waals surface area contributed by atoms with E-state index in [9.17, 15) is 14.4 Å². The highest BCUT2D eigenvalue weighted by Gasteiger charge is 2.23. The van der Waals surface area contributed by atoms with Crippen LogP contribution in [0.5, 0.6) is 0 Å². The molecule has 0 bridgehead atoms. The highest BCUT2D eigenvalue weighted by molar-refractivity contribution is 8.01. The fourth-order valence-electron chi connectivity index (χ4n) is 2.72. The second-order valence-corrected chi connectivity index (χ2v) is 7.88. The first kappa shape index (κ1) is 22.4. The van der Waals surface area contributed by atoms with Gasteiger partial charge in [-0.05, 0) is 26.8 Å². The van der Waals surface area contributed by atoms with Gasteiger partial charge in [0.1, 0.15) is 18.0 Å². The Morgan fingerprint density at radius 1 is 1.23 bits per heavy atom. The lowest BCUT2D eigenvalue weighted by atomic mass is 10.1. The second kappa shape index (κ2) is 10.2. The number of carbonyl (C=O) groups is 3. The quantitative estimate of drug-likeness (QED) is 0.490. The Kier molecular flexibility index (Phi) is 7.35. The van der Waals surface area contributed by atoms with Crippen molar-refractivity contribution < 1.29 is 32.8 Å². The SMILES string of the molecule is CCOC(=O)c1oc2ccccc2c1COC(=O)CS[C@@H](C)C(=O)Nc1cc(C)on1. The first-order chi connectivity index (χ1) is 14.9. The van der Waals surface area contributed by atoms with Crippen LogP contribution in [-0.4, -0.2) is 40.6 Å². The lowest BCUT2D eigenvalue weighted by Crippen LogP contribution is -2.24. The van der Waals surface area contributed by atoms with E-state index >= 15 is 0 Å². The van der Waals surface area contributed by atoms with E-state index < -0.39 is 17.2 Å². The largest absolute Gasteiger partial charge is 0.460 e. The Morgan fingerprint density at radius 3 is 2.71 bits per heavy atom. The van der Waals surface area contributed by atoms with Crippen molar-refractivity contribution in [2.45, 2.75) is 32.6 Å². The number of benzene rings is 1. The monoisotopic (exact) mass is 446 g/mol. The smallest absolute Gasteiger partial charge is 0.374 e. The number of thioether (sulfide) groups is 1. The number of rotatable bonds is 9. The number of nitrogens with one attached hydrogen (secondary N) is 1. The number of aryl methyl sites for hydroxylation is 1. The van der Waals surface area contributed by atoms with Crippen LogP contribution in [0.2, 0.25) is 0 Å². The summed E-state index contributed by atoms with van der Waals surface area (Å²) in [5.41, 5.74) is 0.943. The standard InChI is InChI=1S/C21H22N2O7S/c1-4-27-21(26)19-15(14-7-5-6-8-16(14)29-19)10-28-18(24)11-31-13(3)20(25)22-17-9-12(2)30-23-17/h5-9,13H,4,10-11H2,1-3H3,(H,22,23,25)/t13-/m0/s1. The number of para-hydroxylation sites is 1. The van der Waals surface area contributed by atoms with E-state index in [4.69, 9.17) is 18.4 Å². The van der Waals surface area contributed by atoms with Crippen molar-refractivity contribution in [1.82, 2.24) is 5.16 Å². The number of anilines is 1. The average molecular weight is 446 g/mol. The molecule has 9 nitrogen and oxygen atoms in total. The summed E-state index contributed by atoms with van der Waals surface area (Å²) < 4.78 is 20.8. The Balaban J connectivity index is 1.56. The summed E-state index contributed by atoms with van der Waals surface area (Å²) in [6.07, 6.45) is 0. The molecule has 3 aromatic rings. The third kappa shape index (κ3) is 5.66. The molecule has 31 heavy (non-hydrogen) atoms. The van der Waals surface area contributed by atoms with Crippen molar-refractivity contribution in [3.8, 4) is 0 Å². The first-order valence-corrected chi connectivity index (χ1v) is 10.6. The number of aromatic nitrogens is 1. The molecule has 0 fully saturated rings. The fraction of sp³-hybridized carbons (Fsp3) is 0.333. The number of esters is 2. The molecular formula is C21H22N2O7S. The van der Waals surface area contributed by atoms with E-state index in [-0.39, 0.29) is 30.6 Å². The molecule has 0 spiro atoms. The van der Waals surface area contributed by atoms with E-state index in [0.717, 1.165) is 11.8 Å². The minimum Gasteiger partial charge on any atom is -0.460 e. The molecule has 1 amide bonds. The van der Waals surface area contributed by atoms with Crippen molar-refractivity contribution in [1.29, 1.82) is 0 Å². The van der Waals surface area contributed by atoms with Crippen LogP contribution < -0.4 is 5.32 Å². The van der Waals surface area contributed by atoms with Gasteiger partial charge in [0.25, 0.3) is 0 Å². The summed E-state index contributed by atoms with van der Waals surface area (Å²) in [7, 11) is 0. The van der Waals surface area contributed by atoms with E-state index in [0.29, 0.717) is 28.1 Å². The number of hydrogen-bond donors (Lipinski definition) is 1. The van der Waals surface area contributed by atoms with E-state index in [2.05, 4.69) is 10.5 Å². The summed E-state index contributed by atoms with van der Waals surface area (Å²) in [4.78, 5) is 36.6. The molecule has 1 atom stereocenters. The zero-order valence-electron chi connectivity index (χ0n) is 17.3. The van der Waals surface area contributed by atoms with Crippen LogP contribution >= 0.6 is 11.8 Å². The molecule has 0 aliphatic rings. The van der Waals surface area contributed by atoms with Crippen LogP contribution in [-0.2, 0) is 25.7 Å². The van der Waals surface area contributed by atoms with Crippen molar-refractivity contribution in [2.24, 2.45) is 0 Å². The van der Waals surface area contributed by atoms with Crippen molar-refractivity contribution in [3.05, 3.63) is 47.4 Å². The molecule has 0 aliphatic carbocycles. The molecule has 0 saturated carbocycles. The van der Waals surface area contributed by atoms with Gasteiger partial charge in [-0.3, -0.25) is 9.59 Å². The number of nitrogens with zero attached hydrogens (tertiary/aromatic N) is 1. The topological polar surface area (TPSA) is 121 Å². The van der Waals surface area contributed by atoms with E-state index in [1.807, 2.05) is 0 Å². The molecule has 0 saturated heterocycles. The minimum atomic E-state index is -0.618. The van der Waals surface area contributed by atoms with Gasteiger partial charge in [-0.15, -0.1) is 11.8 Å². The fourth-order valence-corrected chi connectivity index (χ4v) is 3.40. The summed E-state index contributed by atoms with van der Waals surface area (Å²) in [5, 5.41) is 6.46. The first-order valence-electron chi connectivity index (χ1n) is 9.58. The van der Waals surface area contributed by atoms with Gasteiger partial charge in [0.15, 0.2) is 5.82 Å². The van der Waals surface area contributed by atoms with Crippen LogP contribution in [0.4, 0.5) is 5.82 Å². The van der Waals surface area contributed by atoms with Gasteiger partial charge in [-0.1, -0.05) is 23.4 Å². The minimum absolute atomic E-state index is 0.0131. The van der Waals surface area contributed by atoms with Gasteiger partial charge in [0, 0.05) is 11.5 Å².